The second-order valence-electron chi connectivity index (χ2n) is 3.07. The van der Waals surface area contributed by atoms with E-state index in [9.17, 15) is 4.79 Å². The van der Waals surface area contributed by atoms with Gasteiger partial charge in [-0.1, -0.05) is 18.7 Å². The summed E-state index contributed by atoms with van der Waals surface area (Å²) in [5.41, 5.74) is 0.669. The highest BCUT2D eigenvalue weighted by molar-refractivity contribution is 8.01. The summed E-state index contributed by atoms with van der Waals surface area (Å²) in [6, 6.07) is 0. The van der Waals surface area contributed by atoms with Gasteiger partial charge in [0.2, 0.25) is 0 Å². The summed E-state index contributed by atoms with van der Waals surface area (Å²) in [6.45, 7) is 2.16. The lowest BCUT2D eigenvalue weighted by Gasteiger charge is -1.97. The third-order valence-electron chi connectivity index (χ3n) is 1.73. The van der Waals surface area contributed by atoms with Gasteiger partial charge in [-0.2, -0.15) is 11.8 Å². The van der Waals surface area contributed by atoms with Crippen LogP contribution in [0.3, 0.4) is 0 Å². The van der Waals surface area contributed by atoms with E-state index in [4.69, 9.17) is 5.11 Å². The first kappa shape index (κ1) is 13.9. The number of aromatic nitrogens is 1. The molecule has 1 rings (SSSR count). The highest BCUT2D eigenvalue weighted by Gasteiger charge is 2.06. The smallest absolute Gasteiger partial charge is 0.309 e. The van der Waals surface area contributed by atoms with E-state index in [-0.39, 0.29) is 6.42 Å². The minimum Gasteiger partial charge on any atom is -0.481 e. The van der Waals surface area contributed by atoms with Gasteiger partial charge in [-0.05, 0) is 17.9 Å². The molecule has 0 radical (unpaired) electrons. The normalized spacial score (nSPS) is 10.6. The SMILES string of the molecule is CCSCCCSc1nc(CC(=O)O)cs1. The molecule has 1 aromatic rings. The number of aliphatic carboxylic acids is 1. The molecule has 0 saturated heterocycles. The van der Waals surface area contributed by atoms with Crippen LogP contribution in [0, 0.1) is 0 Å². The van der Waals surface area contributed by atoms with E-state index in [0.717, 1.165) is 10.1 Å². The number of thioether (sulfide) groups is 2. The zero-order valence-corrected chi connectivity index (χ0v) is 11.6. The van der Waals surface area contributed by atoms with Crippen LogP contribution in [-0.2, 0) is 11.2 Å². The Morgan fingerprint density at radius 2 is 2.38 bits per heavy atom. The van der Waals surface area contributed by atoms with Gasteiger partial charge in [0.15, 0.2) is 0 Å². The van der Waals surface area contributed by atoms with Gasteiger partial charge in [0.05, 0.1) is 12.1 Å². The molecule has 0 saturated carbocycles. The van der Waals surface area contributed by atoms with E-state index in [0.29, 0.717) is 5.69 Å². The molecule has 3 nitrogen and oxygen atoms in total. The summed E-state index contributed by atoms with van der Waals surface area (Å²) in [4.78, 5) is 14.7. The van der Waals surface area contributed by atoms with Crippen molar-refractivity contribution in [2.24, 2.45) is 0 Å². The molecule has 0 atom stereocenters. The summed E-state index contributed by atoms with van der Waals surface area (Å²) in [5, 5.41) is 10.4. The summed E-state index contributed by atoms with van der Waals surface area (Å²) < 4.78 is 0.984. The van der Waals surface area contributed by atoms with Crippen LogP contribution in [0.5, 0.6) is 0 Å². The summed E-state index contributed by atoms with van der Waals surface area (Å²) in [5.74, 6) is 2.61. The zero-order valence-electron chi connectivity index (χ0n) is 9.14. The van der Waals surface area contributed by atoms with Crippen molar-refractivity contribution in [2.45, 2.75) is 24.1 Å². The van der Waals surface area contributed by atoms with E-state index in [1.807, 2.05) is 17.1 Å². The number of rotatable bonds is 8. The lowest BCUT2D eigenvalue weighted by atomic mass is 10.3. The number of nitrogens with zero attached hydrogens (tertiary/aromatic N) is 1. The van der Waals surface area contributed by atoms with Crippen LogP contribution >= 0.6 is 34.9 Å². The van der Waals surface area contributed by atoms with E-state index >= 15 is 0 Å². The average molecular weight is 277 g/mol. The number of thiazole rings is 1. The minimum atomic E-state index is -0.818. The maximum atomic E-state index is 10.5. The van der Waals surface area contributed by atoms with Gasteiger partial charge in [0.1, 0.15) is 4.34 Å². The standard InChI is InChI=1S/C10H15NO2S3/c1-2-14-4-3-5-15-10-11-8(7-16-10)6-9(12)13/h7H,2-6H2,1H3,(H,12,13). The van der Waals surface area contributed by atoms with Crippen LogP contribution in [0.15, 0.2) is 9.72 Å². The number of hydrogen-bond acceptors (Lipinski definition) is 5. The van der Waals surface area contributed by atoms with Crippen molar-refractivity contribution in [2.75, 3.05) is 17.3 Å². The molecule has 0 aliphatic carbocycles. The van der Waals surface area contributed by atoms with E-state index < -0.39 is 5.97 Å². The van der Waals surface area contributed by atoms with Crippen molar-refractivity contribution in [1.82, 2.24) is 4.98 Å². The summed E-state index contributed by atoms with van der Waals surface area (Å²) in [7, 11) is 0. The Hall–Kier alpha value is -0.200. The fourth-order valence-corrected chi connectivity index (χ4v) is 3.73. The lowest BCUT2D eigenvalue weighted by Crippen LogP contribution is -1.99. The molecule has 16 heavy (non-hydrogen) atoms. The molecule has 0 spiro atoms. The molecule has 90 valence electrons. The molecular weight excluding hydrogens is 262 g/mol. The maximum Gasteiger partial charge on any atom is 0.309 e. The Morgan fingerprint density at radius 3 is 3.06 bits per heavy atom. The molecule has 0 unspecified atom stereocenters. The van der Waals surface area contributed by atoms with E-state index in [1.165, 1.54) is 29.3 Å². The first-order valence-electron chi connectivity index (χ1n) is 5.09. The lowest BCUT2D eigenvalue weighted by molar-refractivity contribution is -0.136. The third-order valence-corrected chi connectivity index (χ3v) is 4.87. The second kappa shape index (κ2) is 7.97. The van der Waals surface area contributed by atoms with Gasteiger partial charge in [-0.15, -0.1) is 11.3 Å². The van der Waals surface area contributed by atoms with Crippen molar-refractivity contribution in [3.8, 4) is 0 Å². The first-order chi connectivity index (χ1) is 7.72. The Morgan fingerprint density at radius 1 is 1.56 bits per heavy atom. The van der Waals surface area contributed by atoms with Crippen molar-refractivity contribution in [3.05, 3.63) is 11.1 Å². The Balaban J connectivity index is 2.21. The van der Waals surface area contributed by atoms with Crippen molar-refractivity contribution in [3.63, 3.8) is 0 Å². The molecule has 1 heterocycles. The molecule has 0 fully saturated rings. The van der Waals surface area contributed by atoms with Crippen molar-refractivity contribution < 1.29 is 9.90 Å². The number of hydrogen-bond donors (Lipinski definition) is 1. The van der Waals surface area contributed by atoms with Crippen LogP contribution < -0.4 is 0 Å². The Labute approximate surface area is 108 Å². The topological polar surface area (TPSA) is 50.2 Å². The minimum absolute atomic E-state index is 0.0305. The molecule has 6 heteroatoms. The van der Waals surface area contributed by atoms with Crippen molar-refractivity contribution >= 4 is 40.8 Å². The number of carboxylic acids is 1. The molecule has 1 aromatic heterocycles. The zero-order chi connectivity index (χ0) is 11.8. The fraction of sp³-hybridized carbons (Fsp3) is 0.600. The number of carbonyl (C=O) groups is 1. The molecule has 0 aliphatic rings. The predicted octanol–water partition coefficient (Wildman–Crippen LogP) is 3.01. The molecule has 0 aliphatic heterocycles. The Bertz CT molecular complexity index is 328. The third kappa shape index (κ3) is 5.77. The van der Waals surface area contributed by atoms with E-state index in [2.05, 4.69) is 11.9 Å². The maximum absolute atomic E-state index is 10.5. The van der Waals surface area contributed by atoms with Gasteiger partial charge in [-0.3, -0.25) is 4.79 Å². The van der Waals surface area contributed by atoms with Gasteiger partial charge in [0, 0.05) is 11.1 Å². The summed E-state index contributed by atoms with van der Waals surface area (Å²) in [6.07, 6.45) is 1.21. The quantitative estimate of drug-likeness (QED) is 0.585. The molecule has 0 amide bonds. The monoisotopic (exact) mass is 277 g/mol. The largest absolute Gasteiger partial charge is 0.481 e. The summed E-state index contributed by atoms with van der Waals surface area (Å²) >= 11 is 5.21. The highest BCUT2D eigenvalue weighted by Crippen LogP contribution is 2.23. The van der Waals surface area contributed by atoms with Gasteiger partial charge < -0.3 is 5.11 Å². The van der Waals surface area contributed by atoms with Crippen LogP contribution in [0.4, 0.5) is 0 Å². The average Bonchev–Trinajstić information content (AvgIpc) is 2.64. The van der Waals surface area contributed by atoms with Gasteiger partial charge in [-0.25, -0.2) is 4.98 Å². The molecular formula is C10H15NO2S3. The van der Waals surface area contributed by atoms with Crippen LogP contribution in [0.2, 0.25) is 0 Å². The molecule has 1 N–H and O–H groups in total. The van der Waals surface area contributed by atoms with Crippen LogP contribution in [-0.4, -0.2) is 33.3 Å². The van der Waals surface area contributed by atoms with Crippen LogP contribution in [0.1, 0.15) is 19.0 Å². The Kier molecular flexibility index (Phi) is 6.91. The number of carboxylic acid groups (broad SMARTS) is 1. The molecule has 0 bridgehead atoms. The predicted molar refractivity (Wildman–Crippen MR) is 71.8 cm³/mol. The van der Waals surface area contributed by atoms with Gasteiger partial charge in [0.25, 0.3) is 0 Å². The van der Waals surface area contributed by atoms with E-state index in [1.54, 1.807) is 11.8 Å². The fourth-order valence-electron chi connectivity index (χ4n) is 1.06. The van der Waals surface area contributed by atoms with Crippen molar-refractivity contribution in [1.29, 1.82) is 0 Å². The molecule has 0 aromatic carbocycles. The van der Waals surface area contributed by atoms with Gasteiger partial charge >= 0.3 is 5.97 Å². The first-order valence-corrected chi connectivity index (χ1v) is 8.11. The highest BCUT2D eigenvalue weighted by atomic mass is 32.2. The van der Waals surface area contributed by atoms with Crippen LogP contribution in [0.25, 0.3) is 0 Å². The second-order valence-corrected chi connectivity index (χ2v) is 6.67.